The van der Waals surface area contributed by atoms with E-state index in [0.29, 0.717) is 5.89 Å². The number of nitrogens with zero attached hydrogens (tertiary/aromatic N) is 3. The lowest BCUT2D eigenvalue weighted by atomic mass is 9.99. The zero-order valence-electron chi connectivity index (χ0n) is 10.8. The zero-order chi connectivity index (χ0) is 12.1. The van der Waals surface area contributed by atoms with Crippen LogP contribution in [-0.4, -0.2) is 41.2 Å². The lowest BCUT2D eigenvalue weighted by molar-refractivity contribution is 0.203. The monoisotopic (exact) mass is 238 g/mol. The fourth-order valence-corrected chi connectivity index (χ4v) is 2.36. The standard InChI is InChI=1S/C12H22N4O/c1-3-16(8-11-5-4-6-13-7-11)9-12-14-10(2)17-15-12/h11,13H,3-9H2,1-2H3. The first-order chi connectivity index (χ1) is 8.28. The quantitative estimate of drug-likeness (QED) is 0.835. The number of nitrogens with one attached hydrogen (secondary N) is 1. The van der Waals surface area contributed by atoms with Crippen molar-refractivity contribution in [3.63, 3.8) is 0 Å². The molecule has 0 aromatic carbocycles. The Morgan fingerprint density at radius 1 is 1.53 bits per heavy atom. The first kappa shape index (κ1) is 12.5. The van der Waals surface area contributed by atoms with Crippen LogP contribution in [0, 0.1) is 12.8 Å². The van der Waals surface area contributed by atoms with Gasteiger partial charge in [0.2, 0.25) is 5.89 Å². The van der Waals surface area contributed by atoms with Crippen LogP contribution in [-0.2, 0) is 6.54 Å². The van der Waals surface area contributed by atoms with Crippen LogP contribution in [0.15, 0.2) is 4.52 Å². The summed E-state index contributed by atoms with van der Waals surface area (Å²) in [5.74, 6) is 2.21. The van der Waals surface area contributed by atoms with Crippen LogP contribution >= 0.6 is 0 Å². The van der Waals surface area contributed by atoms with E-state index in [1.165, 1.54) is 19.4 Å². The van der Waals surface area contributed by atoms with Crippen LogP contribution in [0.2, 0.25) is 0 Å². The molecule has 1 saturated heterocycles. The van der Waals surface area contributed by atoms with E-state index in [-0.39, 0.29) is 0 Å². The minimum atomic E-state index is 0.649. The molecule has 2 rings (SSSR count). The molecule has 1 aliphatic rings. The third-order valence-corrected chi connectivity index (χ3v) is 3.30. The summed E-state index contributed by atoms with van der Waals surface area (Å²) in [6.07, 6.45) is 2.62. The van der Waals surface area contributed by atoms with Crippen molar-refractivity contribution in [2.24, 2.45) is 5.92 Å². The van der Waals surface area contributed by atoms with Crippen LogP contribution < -0.4 is 5.32 Å². The topological polar surface area (TPSA) is 54.2 Å². The molecule has 2 heterocycles. The highest BCUT2D eigenvalue weighted by molar-refractivity contribution is 4.84. The van der Waals surface area contributed by atoms with Crippen LogP contribution in [0.25, 0.3) is 0 Å². The molecule has 1 aromatic rings. The minimum Gasteiger partial charge on any atom is -0.340 e. The van der Waals surface area contributed by atoms with Crippen molar-refractivity contribution in [1.82, 2.24) is 20.4 Å². The molecule has 5 heteroatoms. The number of aryl methyl sites for hydroxylation is 1. The lowest BCUT2D eigenvalue weighted by Gasteiger charge is -2.28. The molecular formula is C12H22N4O. The minimum absolute atomic E-state index is 0.649. The molecule has 1 aliphatic heterocycles. The molecule has 1 fully saturated rings. The van der Waals surface area contributed by atoms with Crippen molar-refractivity contribution >= 4 is 0 Å². The normalized spacial score (nSPS) is 21.0. The van der Waals surface area contributed by atoms with Gasteiger partial charge < -0.3 is 9.84 Å². The van der Waals surface area contributed by atoms with Gasteiger partial charge in [0, 0.05) is 13.5 Å². The van der Waals surface area contributed by atoms with E-state index >= 15 is 0 Å². The van der Waals surface area contributed by atoms with Crippen LogP contribution in [0.4, 0.5) is 0 Å². The fraction of sp³-hybridized carbons (Fsp3) is 0.833. The van der Waals surface area contributed by atoms with Crippen molar-refractivity contribution in [2.45, 2.75) is 33.2 Å². The van der Waals surface area contributed by atoms with Crippen LogP contribution in [0.1, 0.15) is 31.5 Å². The summed E-state index contributed by atoms with van der Waals surface area (Å²) in [6.45, 7) is 9.28. The molecule has 1 atom stereocenters. The summed E-state index contributed by atoms with van der Waals surface area (Å²) in [5.41, 5.74) is 0. The predicted octanol–water partition coefficient (Wildman–Crippen LogP) is 1.20. The molecule has 17 heavy (non-hydrogen) atoms. The van der Waals surface area contributed by atoms with E-state index in [1.807, 2.05) is 6.92 Å². The van der Waals surface area contributed by atoms with E-state index in [2.05, 4.69) is 27.3 Å². The number of hydrogen-bond acceptors (Lipinski definition) is 5. The second-order valence-corrected chi connectivity index (χ2v) is 4.77. The number of aromatic nitrogens is 2. The molecule has 0 amide bonds. The van der Waals surface area contributed by atoms with Gasteiger partial charge in [0.1, 0.15) is 0 Å². The van der Waals surface area contributed by atoms with Gasteiger partial charge in [-0.15, -0.1) is 0 Å². The lowest BCUT2D eigenvalue weighted by Crippen LogP contribution is -2.38. The Kier molecular flexibility index (Phi) is 4.50. The van der Waals surface area contributed by atoms with Crippen molar-refractivity contribution < 1.29 is 4.52 Å². The molecule has 1 unspecified atom stereocenters. The van der Waals surface area contributed by atoms with E-state index in [4.69, 9.17) is 4.52 Å². The summed E-state index contributed by atoms with van der Waals surface area (Å²) < 4.78 is 5.00. The molecule has 0 aliphatic carbocycles. The van der Waals surface area contributed by atoms with Crippen molar-refractivity contribution in [3.8, 4) is 0 Å². The summed E-state index contributed by atoms with van der Waals surface area (Å²) in [5, 5.41) is 7.41. The SMILES string of the molecule is CCN(Cc1noc(C)n1)CC1CCCNC1. The zero-order valence-corrected chi connectivity index (χ0v) is 10.8. The van der Waals surface area contributed by atoms with Crippen LogP contribution in [0.5, 0.6) is 0 Å². The van der Waals surface area contributed by atoms with E-state index in [9.17, 15) is 0 Å². The van der Waals surface area contributed by atoms with E-state index in [0.717, 1.165) is 37.9 Å². The first-order valence-electron chi connectivity index (χ1n) is 6.50. The third kappa shape index (κ3) is 3.78. The maximum atomic E-state index is 5.00. The Balaban J connectivity index is 1.83. The highest BCUT2D eigenvalue weighted by atomic mass is 16.5. The van der Waals surface area contributed by atoms with E-state index < -0.39 is 0 Å². The fourth-order valence-electron chi connectivity index (χ4n) is 2.36. The first-order valence-corrected chi connectivity index (χ1v) is 6.50. The maximum absolute atomic E-state index is 5.00. The van der Waals surface area contributed by atoms with Crippen LogP contribution in [0.3, 0.4) is 0 Å². The molecule has 0 radical (unpaired) electrons. The molecule has 1 N–H and O–H groups in total. The highest BCUT2D eigenvalue weighted by Crippen LogP contribution is 2.13. The van der Waals surface area contributed by atoms with Gasteiger partial charge >= 0.3 is 0 Å². The van der Waals surface area contributed by atoms with Gasteiger partial charge in [0.05, 0.1) is 6.54 Å². The third-order valence-electron chi connectivity index (χ3n) is 3.30. The predicted molar refractivity (Wildman–Crippen MR) is 65.6 cm³/mol. The smallest absolute Gasteiger partial charge is 0.223 e. The molecular weight excluding hydrogens is 216 g/mol. The Hall–Kier alpha value is -0.940. The molecule has 96 valence electrons. The van der Waals surface area contributed by atoms with Crippen molar-refractivity contribution in [1.29, 1.82) is 0 Å². The number of piperidine rings is 1. The van der Waals surface area contributed by atoms with Crippen molar-refractivity contribution in [3.05, 3.63) is 11.7 Å². The summed E-state index contributed by atoms with van der Waals surface area (Å²) in [6, 6.07) is 0. The maximum Gasteiger partial charge on any atom is 0.223 e. The molecule has 5 nitrogen and oxygen atoms in total. The number of rotatable bonds is 5. The van der Waals surface area contributed by atoms with Gasteiger partial charge in [0.15, 0.2) is 5.82 Å². The summed E-state index contributed by atoms with van der Waals surface area (Å²) in [7, 11) is 0. The molecule has 0 bridgehead atoms. The summed E-state index contributed by atoms with van der Waals surface area (Å²) >= 11 is 0. The molecule has 0 saturated carbocycles. The van der Waals surface area contributed by atoms with Gasteiger partial charge in [-0.25, -0.2) is 0 Å². The second-order valence-electron chi connectivity index (χ2n) is 4.77. The Morgan fingerprint density at radius 3 is 3.00 bits per heavy atom. The Morgan fingerprint density at radius 2 is 2.41 bits per heavy atom. The van der Waals surface area contributed by atoms with Gasteiger partial charge in [-0.05, 0) is 38.4 Å². The number of hydrogen-bond donors (Lipinski definition) is 1. The van der Waals surface area contributed by atoms with Gasteiger partial charge in [-0.3, -0.25) is 4.90 Å². The van der Waals surface area contributed by atoms with Gasteiger partial charge in [-0.2, -0.15) is 4.98 Å². The summed E-state index contributed by atoms with van der Waals surface area (Å²) in [4.78, 5) is 6.65. The average Bonchev–Trinajstić information content (AvgIpc) is 2.75. The van der Waals surface area contributed by atoms with Gasteiger partial charge in [-0.1, -0.05) is 12.1 Å². The van der Waals surface area contributed by atoms with Gasteiger partial charge in [0.25, 0.3) is 0 Å². The molecule has 1 aromatic heterocycles. The second kappa shape index (κ2) is 6.12. The van der Waals surface area contributed by atoms with Crippen molar-refractivity contribution in [2.75, 3.05) is 26.2 Å². The Bertz CT molecular complexity index is 333. The Labute approximate surface area is 103 Å². The largest absolute Gasteiger partial charge is 0.340 e. The molecule has 0 spiro atoms. The average molecular weight is 238 g/mol. The highest BCUT2D eigenvalue weighted by Gasteiger charge is 2.17. The van der Waals surface area contributed by atoms with E-state index in [1.54, 1.807) is 0 Å².